The van der Waals surface area contributed by atoms with E-state index in [2.05, 4.69) is 20.8 Å². The number of thiocarbonyl (C=S) groups is 1. The SMILES string of the molecule is Fc1ccc(NC(=S)NCc2ccn[nH]2)c(F)c1. The largest absolute Gasteiger partial charge is 0.357 e. The quantitative estimate of drug-likeness (QED) is 0.747. The van der Waals surface area contributed by atoms with E-state index in [1.165, 1.54) is 6.07 Å². The van der Waals surface area contributed by atoms with Gasteiger partial charge in [0.15, 0.2) is 5.11 Å². The lowest BCUT2D eigenvalue weighted by Gasteiger charge is -2.10. The predicted octanol–water partition coefficient (Wildman–Crippen LogP) is 2.17. The molecule has 0 atom stereocenters. The molecule has 94 valence electrons. The van der Waals surface area contributed by atoms with Gasteiger partial charge in [-0.15, -0.1) is 0 Å². The molecule has 2 aromatic rings. The molecular formula is C11H10F2N4S. The van der Waals surface area contributed by atoms with Gasteiger partial charge < -0.3 is 10.6 Å². The average Bonchev–Trinajstić information content (AvgIpc) is 2.83. The maximum atomic E-state index is 13.3. The molecule has 0 saturated carbocycles. The van der Waals surface area contributed by atoms with Crippen molar-refractivity contribution >= 4 is 23.0 Å². The van der Waals surface area contributed by atoms with Crippen LogP contribution in [0.2, 0.25) is 0 Å². The van der Waals surface area contributed by atoms with Crippen LogP contribution in [-0.2, 0) is 6.54 Å². The molecule has 0 saturated heterocycles. The Morgan fingerprint density at radius 2 is 2.17 bits per heavy atom. The fourth-order valence-electron chi connectivity index (χ4n) is 1.32. The summed E-state index contributed by atoms with van der Waals surface area (Å²) in [5.74, 6) is -1.32. The van der Waals surface area contributed by atoms with Gasteiger partial charge in [0.2, 0.25) is 0 Å². The molecule has 1 aromatic carbocycles. The highest BCUT2D eigenvalue weighted by Crippen LogP contribution is 2.14. The van der Waals surface area contributed by atoms with Gasteiger partial charge >= 0.3 is 0 Å². The number of rotatable bonds is 3. The van der Waals surface area contributed by atoms with Crippen molar-refractivity contribution in [1.82, 2.24) is 15.5 Å². The van der Waals surface area contributed by atoms with Crippen molar-refractivity contribution in [2.75, 3.05) is 5.32 Å². The van der Waals surface area contributed by atoms with Crippen LogP contribution in [0.25, 0.3) is 0 Å². The van der Waals surface area contributed by atoms with E-state index in [0.29, 0.717) is 6.54 Å². The summed E-state index contributed by atoms with van der Waals surface area (Å²) in [7, 11) is 0. The van der Waals surface area contributed by atoms with E-state index in [1.807, 2.05) is 0 Å². The van der Waals surface area contributed by atoms with Crippen molar-refractivity contribution in [3.63, 3.8) is 0 Å². The van der Waals surface area contributed by atoms with E-state index in [4.69, 9.17) is 12.2 Å². The van der Waals surface area contributed by atoms with Crippen molar-refractivity contribution in [1.29, 1.82) is 0 Å². The molecule has 1 aromatic heterocycles. The Morgan fingerprint density at radius 3 is 2.83 bits per heavy atom. The first-order valence-electron chi connectivity index (χ1n) is 5.13. The van der Waals surface area contributed by atoms with Gasteiger partial charge in [-0.25, -0.2) is 8.78 Å². The van der Waals surface area contributed by atoms with Gasteiger partial charge in [0.1, 0.15) is 11.6 Å². The number of halogens is 2. The maximum absolute atomic E-state index is 13.3. The summed E-state index contributed by atoms with van der Waals surface area (Å²) in [6.45, 7) is 0.439. The van der Waals surface area contributed by atoms with Crippen LogP contribution in [0.3, 0.4) is 0 Å². The topological polar surface area (TPSA) is 52.7 Å². The molecule has 4 nitrogen and oxygen atoms in total. The zero-order valence-electron chi connectivity index (χ0n) is 9.21. The number of anilines is 1. The van der Waals surface area contributed by atoms with Crippen LogP contribution < -0.4 is 10.6 Å². The molecule has 7 heteroatoms. The summed E-state index contributed by atoms with van der Waals surface area (Å²) in [5.41, 5.74) is 0.970. The zero-order valence-corrected chi connectivity index (χ0v) is 10.0. The lowest BCUT2D eigenvalue weighted by Crippen LogP contribution is -2.28. The number of nitrogens with zero attached hydrogens (tertiary/aromatic N) is 1. The Balaban J connectivity index is 1.91. The van der Waals surface area contributed by atoms with Gasteiger partial charge in [-0.2, -0.15) is 5.10 Å². The Morgan fingerprint density at radius 1 is 1.33 bits per heavy atom. The molecule has 2 rings (SSSR count). The minimum Gasteiger partial charge on any atom is -0.357 e. The molecule has 0 amide bonds. The fraction of sp³-hybridized carbons (Fsp3) is 0.0909. The second kappa shape index (κ2) is 5.54. The summed E-state index contributed by atoms with van der Waals surface area (Å²) >= 11 is 4.98. The second-order valence-electron chi connectivity index (χ2n) is 3.51. The number of benzene rings is 1. The first-order chi connectivity index (χ1) is 8.65. The average molecular weight is 268 g/mol. The Labute approximate surface area is 107 Å². The van der Waals surface area contributed by atoms with Crippen molar-refractivity contribution in [3.8, 4) is 0 Å². The lowest BCUT2D eigenvalue weighted by atomic mass is 10.3. The number of H-pyrrole nitrogens is 1. The Hall–Kier alpha value is -2.02. The third kappa shape index (κ3) is 3.24. The zero-order chi connectivity index (χ0) is 13.0. The fourth-order valence-corrected chi connectivity index (χ4v) is 1.50. The van der Waals surface area contributed by atoms with E-state index >= 15 is 0 Å². The smallest absolute Gasteiger partial charge is 0.171 e. The third-order valence-electron chi connectivity index (χ3n) is 2.18. The van der Waals surface area contributed by atoms with E-state index in [9.17, 15) is 8.78 Å². The van der Waals surface area contributed by atoms with E-state index in [1.54, 1.807) is 12.3 Å². The summed E-state index contributed by atoms with van der Waals surface area (Å²) in [6.07, 6.45) is 1.62. The monoisotopic (exact) mass is 268 g/mol. The van der Waals surface area contributed by atoms with Crippen LogP contribution in [0.4, 0.5) is 14.5 Å². The Bertz CT molecular complexity index is 542. The molecule has 0 fully saturated rings. The minimum absolute atomic E-state index is 0.124. The molecule has 18 heavy (non-hydrogen) atoms. The number of aromatic amines is 1. The highest BCUT2D eigenvalue weighted by molar-refractivity contribution is 7.80. The maximum Gasteiger partial charge on any atom is 0.171 e. The van der Waals surface area contributed by atoms with Gasteiger partial charge in [-0.3, -0.25) is 5.10 Å². The molecule has 0 unspecified atom stereocenters. The lowest BCUT2D eigenvalue weighted by molar-refractivity contribution is 0.586. The van der Waals surface area contributed by atoms with Crippen molar-refractivity contribution in [2.24, 2.45) is 0 Å². The van der Waals surface area contributed by atoms with Crippen LogP contribution >= 0.6 is 12.2 Å². The summed E-state index contributed by atoms with van der Waals surface area (Å²) in [4.78, 5) is 0. The standard InChI is InChI=1S/C11H10F2N4S/c12-7-1-2-10(9(13)5-7)16-11(18)14-6-8-3-4-15-17-8/h1-5H,6H2,(H,15,17)(H2,14,16,18). The van der Waals surface area contributed by atoms with Gasteiger partial charge in [0.05, 0.1) is 17.9 Å². The highest BCUT2D eigenvalue weighted by Gasteiger charge is 2.05. The van der Waals surface area contributed by atoms with Gasteiger partial charge in [-0.1, -0.05) is 0 Å². The molecule has 1 heterocycles. The summed E-state index contributed by atoms with van der Waals surface area (Å²) in [5, 5.41) is 12.3. The summed E-state index contributed by atoms with van der Waals surface area (Å²) in [6, 6.07) is 5.02. The highest BCUT2D eigenvalue weighted by atomic mass is 32.1. The molecule has 0 aliphatic heterocycles. The number of hydrogen-bond acceptors (Lipinski definition) is 2. The number of nitrogens with one attached hydrogen (secondary N) is 3. The molecule has 0 bridgehead atoms. The minimum atomic E-state index is -0.694. The normalized spacial score (nSPS) is 10.1. The third-order valence-corrected chi connectivity index (χ3v) is 2.42. The van der Waals surface area contributed by atoms with Crippen LogP contribution in [0.15, 0.2) is 30.5 Å². The van der Waals surface area contributed by atoms with E-state index < -0.39 is 11.6 Å². The summed E-state index contributed by atoms with van der Waals surface area (Å²) < 4.78 is 26.0. The van der Waals surface area contributed by atoms with Crippen LogP contribution in [0.1, 0.15) is 5.69 Å². The van der Waals surface area contributed by atoms with Crippen molar-refractivity contribution in [3.05, 3.63) is 47.8 Å². The molecule has 0 spiro atoms. The van der Waals surface area contributed by atoms with Crippen LogP contribution in [0, 0.1) is 11.6 Å². The van der Waals surface area contributed by atoms with Crippen molar-refractivity contribution in [2.45, 2.75) is 6.54 Å². The molecule has 3 N–H and O–H groups in total. The first kappa shape index (κ1) is 12.4. The number of hydrogen-bond donors (Lipinski definition) is 3. The van der Waals surface area contributed by atoms with Crippen LogP contribution in [0.5, 0.6) is 0 Å². The molecule has 0 aliphatic rings. The predicted molar refractivity (Wildman–Crippen MR) is 68.0 cm³/mol. The van der Waals surface area contributed by atoms with Gasteiger partial charge in [0, 0.05) is 12.3 Å². The molecule has 0 radical (unpaired) electrons. The molecule has 0 aliphatic carbocycles. The van der Waals surface area contributed by atoms with Crippen molar-refractivity contribution < 1.29 is 8.78 Å². The van der Waals surface area contributed by atoms with E-state index in [-0.39, 0.29) is 10.8 Å². The molecular weight excluding hydrogens is 258 g/mol. The van der Waals surface area contributed by atoms with Gasteiger partial charge in [-0.05, 0) is 30.4 Å². The number of aromatic nitrogens is 2. The van der Waals surface area contributed by atoms with Gasteiger partial charge in [0.25, 0.3) is 0 Å². The van der Waals surface area contributed by atoms with E-state index in [0.717, 1.165) is 17.8 Å². The first-order valence-corrected chi connectivity index (χ1v) is 5.54. The Kier molecular flexibility index (Phi) is 3.83. The van der Waals surface area contributed by atoms with Crippen LogP contribution in [-0.4, -0.2) is 15.3 Å². The second-order valence-corrected chi connectivity index (χ2v) is 3.92.